The average molecular weight is 704 g/mol. The number of allylic oxidation sites excluding steroid dienone is 6. The number of para-hydroxylation sites is 2. The largest absolute Gasteiger partial charge is 0.313 e. The number of benzene rings is 6. The van der Waals surface area contributed by atoms with E-state index in [-0.39, 0.29) is 0 Å². The summed E-state index contributed by atoms with van der Waals surface area (Å²) in [5, 5.41) is 2.66. The van der Waals surface area contributed by atoms with Gasteiger partial charge < -0.3 is 4.57 Å². The van der Waals surface area contributed by atoms with Crippen LogP contribution < -0.4 is 0 Å². The molecule has 0 atom stereocenters. The van der Waals surface area contributed by atoms with Gasteiger partial charge in [-0.05, 0) is 108 Å². The van der Waals surface area contributed by atoms with E-state index in [0.717, 1.165) is 25.7 Å². The highest BCUT2D eigenvalue weighted by molar-refractivity contribution is 8.00. The summed E-state index contributed by atoms with van der Waals surface area (Å²) in [5.41, 5.74) is 14.5. The molecule has 0 unspecified atom stereocenters. The van der Waals surface area contributed by atoms with E-state index in [0.29, 0.717) is 0 Å². The zero-order valence-corrected chi connectivity index (χ0v) is 30.6. The Balaban J connectivity index is 1.21. The summed E-state index contributed by atoms with van der Waals surface area (Å²) in [6.07, 6.45) is 16.6. The number of hydrogen-bond acceptors (Lipinski definition) is 2. The molecule has 0 fully saturated rings. The highest BCUT2D eigenvalue weighted by Gasteiger charge is 2.50. The van der Waals surface area contributed by atoms with Crippen LogP contribution in [0.2, 0.25) is 0 Å². The van der Waals surface area contributed by atoms with E-state index in [4.69, 9.17) is 0 Å². The van der Waals surface area contributed by atoms with Gasteiger partial charge >= 0.3 is 0 Å². The Labute approximate surface area is 313 Å². The van der Waals surface area contributed by atoms with Crippen molar-refractivity contribution in [2.45, 2.75) is 63.5 Å². The van der Waals surface area contributed by atoms with E-state index in [9.17, 15) is 0 Å². The van der Waals surface area contributed by atoms with E-state index in [1.165, 1.54) is 104 Å². The molecule has 1 aromatic heterocycles. The van der Waals surface area contributed by atoms with E-state index >= 15 is 0 Å². The molecule has 0 amide bonds. The molecule has 2 aliphatic carbocycles. The maximum atomic E-state index is 2.59. The highest BCUT2D eigenvalue weighted by atomic mass is 32.2. The number of fused-ring (bicyclic) bond motifs is 11. The minimum atomic E-state index is -0.455. The summed E-state index contributed by atoms with van der Waals surface area (Å²) >= 11 is 3.87. The third kappa shape index (κ3) is 4.39. The molecule has 3 heteroatoms. The second-order valence-electron chi connectivity index (χ2n) is 14.5. The lowest BCUT2D eigenvalue weighted by atomic mass is 9.62. The maximum Gasteiger partial charge on any atom is 0.0751 e. The molecule has 6 aromatic carbocycles. The van der Waals surface area contributed by atoms with Crippen LogP contribution in [-0.4, -0.2) is 4.57 Å². The molecule has 3 heterocycles. The van der Waals surface area contributed by atoms with Gasteiger partial charge in [0.15, 0.2) is 0 Å². The highest BCUT2D eigenvalue weighted by Crippen LogP contribution is 2.63. The van der Waals surface area contributed by atoms with Crippen molar-refractivity contribution in [3.8, 4) is 11.1 Å². The molecule has 0 saturated carbocycles. The quantitative estimate of drug-likeness (QED) is 0.180. The van der Waals surface area contributed by atoms with E-state index in [1.807, 2.05) is 23.5 Å². The summed E-state index contributed by atoms with van der Waals surface area (Å²) in [6, 6.07) is 48.7. The van der Waals surface area contributed by atoms with Crippen molar-refractivity contribution < 1.29 is 0 Å². The first-order valence-corrected chi connectivity index (χ1v) is 20.4. The molecule has 250 valence electrons. The fourth-order valence-corrected chi connectivity index (χ4v) is 12.0. The topological polar surface area (TPSA) is 4.93 Å². The van der Waals surface area contributed by atoms with E-state index in [1.54, 1.807) is 0 Å². The van der Waals surface area contributed by atoms with Crippen LogP contribution in [0.4, 0.5) is 0 Å². The lowest BCUT2D eigenvalue weighted by Gasteiger charge is -2.46. The van der Waals surface area contributed by atoms with Gasteiger partial charge in [-0.1, -0.05) is 145 Å². The molecule has 11 rings (SSSR count). The van der Waals surface area contributed by atoms with Gasteiger partial charge in [-0.25, -0.2) is 0 Å². The molecular formula is C49H37NS2. The zero-order valence-electron chi connectivity index (χ0n) is 28.9. The van der Waals surface area contributed by atoms with Gasteiger partial charge in [0.25, 0.3) is 0 Å². The van der Waals surface area contributed by atoms with Crippen LogP contribution in [0.5, 0.6) is 0 Å². The molecule has 2 aliphatic heterocycles. The van der Waals surface area contributed by atoms with Crippen LogP contribution in [0.25, 0.3) is 44.2 Å². The van der Waals surface area contributed by atoms with Gasteiger partial charge in [-0.3, -0.25) is 0 Å². The number of nitrogens with zero attached hydrogens (tertiary/aromatic N) is 1. The second kappa shape index (κ2) is 12.0. The molecule has 0 bridgehead atoms. The van der Waals surface area contributed by atoms with Crippen molar-refractivity contribution in [1.29, 1.82) is 0 Å². The molecule has 4 aliphatic rings. The fourth-order valence-electron chi connectivity index (χ4n) is 9.52. The monoisotopic (exact) mass is 703 g/mol. The number of hydrogen-bond donors (Lipinski definition) is 0. The Morgan fingerprint density at radius 2 is 1.25 bits per heavy atom. The van der Waals surface area contributed by atoms with Gasteiger partial charge in [-0.2, -0.15) is 0 Å². The summed E-state index contributed by atoms with van der Waals surface area (Å²) in [5.74, 6) is 0. The van der Waals surface area contributed by atoms with E-state index in [2.05, 4.69) is 156 Å². The van der Waals surface area contributed by atoms with Crippen LogP contribution in [0.1, 0.15) is 66.3 Å². The smallest absolute Gasteiger partial charge is 0.0751 e. The third-order valence-corrected chi connectivity index (χ3v) is 13.9. The molecule has 0 saturated heterocycles. The molecule has 0 radical (unpaired) electrons. The van der Waals surface area contributed by atoms with Crippen molar-refractivity contribution in [2.75, 3.05) is 0 Å². The van der Waals surface area contributed by atoms with Crippen LogP contribution in [0, 0.1) is 0 Å². The maximum absolute atomic E-state index is 2.59. The van der Waals surface area contributed by atoms with Crippen LogP contribution in [0.15, 0.2) is 171 Å². The normalized spacial score (nSPS) is 16.9. The van der Waals surface area contributed by atoms with Crippen LogP contribution >= 0.6 is 23.5 Å². The second-order valence-corrected chi connectivity index (χ2v) is 16.6. The van der Waals surface area contributed by atoms with Crippen molar-refractivity contribution in [2.24, 2.45) is 0 Å². The lowest BCUT2D eigenvalue weighted by Crippen LogP contribution is -2.37. The van der Waals surface area contributed by atoms with E-state index < -0.39 is 5.41 Å². The van der Waals surface area contributed by atoms with Gasteiger partial charge in [0.2, 0.25) is 0 Å². The average Bonchev–Trinajstić information content (AvgIpc) is 3.56. The molecule has 7 aromatic rings. The first kappa shape index (κ1) is 30.6. The Morgan fingerprint density at radius 3 is 2.06 bits per heavy atom. The molecule has 52 heavy (non-hydrogen) atoms. The summed E-state index contributed by atoms with van der Waals surface area (Å²) in [7, 11) is 0. The van der Waals surface area contributed by atoms with Crippen molar-refractivity contribution in [3.63, 3.8) is 0 Å². The van der Waals surface area contributed by atoms with Crippen LogP contribution in [-0.2, 0) is 5.41 Å². The predicted octanol–water partition coefficient (Wildman–Crippen LogP) is 13.9. The zero-order chi connectivity index (χ0) is 34.2. The summed E-state index contributed by atoms with van der Waals surface area (Å²) in [6.45, 7) is 0. The lowest BCUT2D eigenvalue weighted by molar-refractivity contribution is 0.665. The van der Waals surface area contributed by atoms with Crippen molar-refractivity contribution >= 4 is 56.6 Å². The molecule has 0 N–H and O–H groups in total. The summed E-state index contributed by atoms with van der Waals surface area (Å²) < 4.78 is 2.59. The van der Waals surface area contributed by atoms with Crippen LogP contribution in [0.3, 0.4) is 0 Å². The molecule has 1 nitrogen and oxygen atoms in total. The fraction of sp³-hybridized carbons (Fsp3) is 0.143. The standard InChI is InChI=1S/C49H37NS2/c1-3-15-32(16-4-1)35-20-14-28-45-47(35)49(39-23-8-11-26-43(39)51-44-27-12-9-24-40(44)49)41-30-29-33(31-46(41)52-45)36-21-13-22-38-37-19-7-10-25-42(37)50(48(36)38)34-17-5-2-6-18-34/h3,7-17,19-31H,1-2,4-6,18H2. The number of rotatable bonds is 3. The van der Waals surface area contributed by atoms with Crippen molar-refractivity contribution in [1.82, 2.24) is 4.57 Å². The summed E-state index contributed by atoms with van der Waals surface area (Å²) in [4.78, 5) is 5.36. The predicted molar refractivity (Wildman–Crippen MR) is 221 cm³/mol. The number of aromatic nitrogens is 1. The van der Waals surface area contributed by atoms with Gasteiger partial charge in [-0.15, -0.1) is 0 Å². The van der Waals surface area contributed by atoms with Crippen molar-refractivity contribution in [3.05, 3.63) is 180 Å². The van der Waals surface area contributed by atoms with Gasteiger partial charge in [0.1, 0.15) is 0 Å². The Kier molecular flexibility index (Phi) is 7.10. The Bertz CT molecular complexity index is 2660. The van der Waals surface area contributed by atoms with Gasteiger partial charge in [0, 0.05) is 41.6 Å². The third-order valence-electron chi connectivity index (χ3n) is 11.7. The minimum Gasteiger partial charge on any atom is -0.313 e. The van der Waals surface area contributed by atoms with Gasteiger partial charge in [0.05, 0.1) is 16.4 Å². The molecule has 1 spiro atoms. The Morgan fingerprint density at radius 1 is 0.538 bits per heavy atom. The first-order valence-electron chi connectivity index (χ1n) is 18.7. The SMILES string of the molecule is C1=CC(c2cccc3c2C2(c4ccccc4Sc4ccccc42)c2ccc(-c4cccc5c6ccccc6n(C6=CCCCC6)c45)cc2S3)=CCC1. The molecular weight excluding hydrogens is 667 g/mol. The minimum absolute atomic E-state index is 0.455. The first-order chi connectivity index (χ1) is 25.8. The Hall–Kier alpha value is -4.96.